The van der Waals surface area contributed by atoms with Gasteiger partial charge in [-0.15, -0.1) is 10.2 Å². The Kier molecular flexibility index (Phi) is 4.39. The number of benzene rings is 1. The number of hydrogen-bond acceptors (Lipinski definition) is 6. The number of hydrogen-bond donors (Lipinski definition) is 1. The summed E-state index contributed by atoms with van der Waals surface area (Å²) in [6, 6.07) is 8.76. The highest BCUT2D eigenvalue weighted by molar-refractivity contribution is 8.00. The van der Waals surface area contributed by atoms with Crippen LogP contribution in [0.1, 0.15) is 10.6 Å². The molecular formula is C14H14N4O2S2. The Morgan fingerprint density at radius 3 is 2.73 bits per heavy atom. The maximum atomic E-state index is 12.4. The summed E-state index contributed by atoms with van der Waals surface area (Å²) in [5.74, 6) is -0.213. The summed E-state index contributed by atoms with van der Waals surface area (Å²) in [4.78, 5) is 25.6. The Labute approximate surface area is 135 Å². The number of nitrogens with zero attached hydrogens (tertiary/aromatic N) is 3. The van der Waals surface area contributed by atoms with Crippen LogP contribution in [-0.2, 0) is 17.8 Å². The van der Waals surface area contributed by atoms with E-state index in [2.05, 4.69) is 15.5 Å². The van der Waals surface area contributed by atoms with Crippen molar-refractivity contribution in [1.82, 2.24) is 20.4 Å². The Bertz CT molecular complexity index is 689. The number of carbonyl (C=O) groups excluding carboxylic acids is 2. The lowest BCUT2D eigenvalue weighted by molar-refractivity contribution is -0.127. The van der Waals surface area contributed by atoms with Crippen molar-refractivity contribution in [2.24, 2.45) is 0 Å². The van der Waals surface area contributed by atoms with Gasteiger partial charge in [0.2, 0.25) is 0 Å². The lowest BCUT2D eigenvalue weighted by Gasteiger charge is -2.10. The van der Waals surface area contributed by atoms with Crippen LogP contribution in [0.5, 0.6) is 0 Å². The SMILES string of the molecule is CSc1nnc(CN2C(=O)N[C@H](Cc3ccccc3)C2=O)s1. The van der Waals surface area contributed by atoms with E-state index in [4.69, 9.17) is 0 Å². The predicted molar refractivity (Wildman–Crippen MR) is 84.7 cm³/mol. The summed E-state index contributed by atoms with van der Waals surface area (Å²) < 4.78 is 0.822. The molecule has 1 aromatic heterocycles. The summed E-state index contributed by atoms with van der Waals surface area (Å²) in [6.45, 7) is 0.175. The molecule has 1 saturated heterocycles. The minimum atomic E-state index is -0.511. The molecule has 3 rings (SSSR count). The first-order chi connectivity index (χ1) is 10.7. The molecule has 8 heteroatoms. The third-order valence-corrected chi connectivity index (χ3v) is 5.19. The molecule has 1 fully saturated rings. The molecule has 1 aliphatic heterocycles. The van der Waals surface area contributed by atoms with E-state index in [0.29, 0.717) is 11.4 Å². The molecule has 1 aromatic carbocycles. The molecule has 0 spiro atoms. The molecule has 0 bridgehead atoms. The van der Waals surface area contributed by atoms with Gasteiger partial charge in [-0.25, -0.2) is 4.79 Å². The van der Waals surface area contributed by atoms with Crippen molar-refractivity contribution in [1.29, 1.82) is 0 Å². The summed E-state index contributed by atoms with van der Waals surface area (Å²) in [5.41, 5.74) is 1.02. The topological polar surface area (TPSA) is 75.2 Å². The van der Waals surface area contributed by atoms with E-state index in [0.717, 1.165) is 9.90 Å². The fourth-order valence-electron chi connectivity index (χ4n) is 2.23. The van der Waals surface area contributed by atoms with Gasteiger partial charge < -0.3 is 5.32 Å². The number of carbonyl (C=O) groups is 2. The van der Waals surface area contributed by atoms with Gasteiger partial charge in [-0.05, 0) is 11.8 Å². The molecule has 2 aromatic rings. The molecule has 0 aliphatic carbocycles. The van der Waals surface area contributed by atoms with Crippen molar-refractivity contribution in [3.05, 3.63) is 40.9 Å². The molecule has 1 N–H and O–H groups in total. The lowest BCUT2D eigenvalue weighted by Crippen LogP contribution is -2.32. The van der Waals surface area contributed by atoms with Crippen LogP contribution in [0, 0.1) is 0 Å². The molecule has 3 amide bonds. The second-order valence-corrected chi connectivity index (χ2v) is 6.90. The maximum Gasteiger partial charge on any atom is 0.325 e. The maximum absolute atomic E-state index is 12.4. The van der Waals surface area contributed by atoms with Crippen LogP contribution in [0.25, 0.3) is 0 Å². The number of aromatic nitrogens is 2. The Morgan fingerprint density at radius 1 is 1.27 bits per heavy atom. The van der Waals surface area contributed by atoms with Gasteiger partial charge in [0.25, 0.3) is 5.91 Å². The van der Waals surface area contributed by atoms with Crippen LogP contribution < -0.4 is 5.32 Å². The van der Waals surface area contributed by atoms with Gasteiger partial charge in [0, 0.05) is 6.42 Å². The Morgan fingerprint density at radius 2 is 2.05 bits per heavy atom. The summed E-state index contributed by atoms with van der Waals surface area (Å²) >= 11 is 2.89. The van der Waals surface area contributed by atoms with E-state index in [1.54, 1.807) is 0 Å². The minimum Gasteiger partial charge on any atom is -0.325 e. The highest BCUT2D eigenvalue weighted by Crippen LogP contribution is 2.22. The van der Waals surface area contributed by atoms with Crippen LogP contribution in [0.4, 0.5) is 4.79 Å². The van der Waals surface area contributed by atoms with Gasteiger partial charge in [-0.2, -0.15) is 0 Å². The molecule has 0 unspecified atom stereocenters. The monoisotopic (exact) mass is 334 g/mol. The number of thioether (sulfide) groups is 1. The standard InChI is InChI=1S/C14H14N4O2S2/c1-21-14-17-16-11(22-14)8-18-12(19)10(15-13(18)20)7-9-5-3-2-4-6-9/h2-6,10H,7-8H2,1H3,(H,15,20)/t10-/m1/s1. The third kappa shape index (κ3) is 3.12. The average molecular weight is 334 g/mol. The number of rotatable bonds is 5. The Hall–Kier alpha value is -1.93. The van der Waals surface area contributed by atoms with E-state index >= 15 is 0 Å². The normalized spacial score (nSPS) is 17.9. The van der Waals surface area contributed by atoms with Crippen LogP contribution in [-0.4, -0.2) is 39.3 Å². The molecule has 114 valence electrons. The molecule has 22 heavy (non-hydrogen) atoms. The zero-order valence-corrected chi connectivity index (χ0v) is 13.5. The van der Waals surface area contributed by atoms with Gasteiger partial charge >= 0.3 is 6.03 Å². The van der Waals surface area contributed by atoms with Crippen molar-refractivity contribution < 1.29 is 9.59 Å². The van der Waals surface area contributed by atoms with Crippen molar-refractivity contribution in [2.45, 2.75) is 23.3 Å². The summed E-state index contributed by atoms with van der Waals surface area (Å²) in [7, 11) is 0. The molecule has 0 saturated carbocycles. The average Bonchev–Trinajstić information content (AvgIpc) is 3.09. The fourth-order valence-corrected chi connectivity index (χ4v) is 3.54. The molecule has 6 nitrogen and oxygen atoms in total. The van der Waals surface area contributed by atoms with Crippen LogP contribution in [0.15, 0.2) is 34.7 Å². The first kappa shape index (κ1) is 15.0. The first-order valence-electron chi connectivity index (χ1n) is 6.69. The van der Waals surface area contributed by atoms with Gasteiger partial charge in [-0.1, -0.05) is 53.4 Å². The highest BCUT2D eigenvalue weighted by atomic mass is 32.2. The molecule has 0 radical (unpaired) electrons. The van der Waals surface area contributed by atoms with E-state index in [-0.39, 0.29) is 18.5 Å². The largest absolute Gasteiger partial charge is 0.325 e. The molecule has 2 heterocycles. The van der Waals surface area contributed by atoms with Gasteiger partial charge in [0.05, 0.1) is 6.54 Å². The number of urea groups is 1. The summed E-state index contributed by atoms with van der Waals surface area (Å²) in [5, 5.41) is 11.4. The van der Waals surface area contributed by atoms with Gasteiger partial charge in [0.15, 0.2) is 4.34 Å². The lowest BCUT2D eigenvalue weighted by atomic mass is 10.1. The van der Waals surface area contributed by atoms with E-state index in [9.17, 15) is 9.59 Å². The molecule has 1 aliphatic rings. The van der Waals surface area contributed by atoms with Gasteiger partial charge in [0.1, 0.15) is 11.0 Å². The smallest absolute Gasteiger partial charge is 0.325 e. The van der Waals surface area contributed by atoms with Crippen LogP contribution in [0.3, 0.4) is 0 Å². The first-order valence-corrected chi connectivity index (χ1v) is 8.73. The summed E-state index contributed by atoms with van der Waals surface area (Å²) in [6.07, 6.45) is 2.40. The zero-order valence-electron chi connectivity index (χ0n) is 11.9. The predicted octanol–water partition coefficient (Wildman–Crippen LogP) is 1.92. The van der Waals surface area contributed by atoms with E-state index in [1.165, 1.54) is 28.0 Å². The van der Waals surface area contributed by atoms with E-state index in [1.807, 2.05) is 36.6 Å². The quantitative estimate of drug-likeness (QED) is 0.668. The second-order valence-electron chi connectivity index (χ2n) is 4.78. The fraction of sp³-hybridized carbons (Fsp3) is 0.286. The van der Waals surface area contributed by atoms with Crippen molar-refractivity contribution >= 4 is 35.0 Å². The highest BCUT2D eigenvalue weighted by Gasteiger charge is 2.38. The number of imide groups is 1. The third-order valence-electron chi connectivity index (χ3n) is 3.31. The van der Waals surface area contributed by atoms with E-state index < -0.39 is 6.04 Å². The Balaban J connectivity index is 1.68. The number of amides is 3. The molecule has 1 atom stereocenters. The second kappa shape index (κ2) is 6.45. The molecular weight excluding hydrogens is 320 g/mol. The van der Waals surface area contributed by atoms with Crippen molar-refractivity contribution in [3.63, 3.8) is 0 Å². The van der Waals surface area contributed by atoms with Crippen LogP contribution in [0.2, 0.25) is 0 Å². The van der Waals surface area contributed by atoms with Crippen molar-refractivity contribution in [3.8, 4) is 0 Å². The van der Waals surface area contributed by atoms with Gasteiger partial charge in [-0.3, -0.25) is 9.69 Å². The minimum absolute atomic E-state index is 0.175. The zero-order chi connectivity index (χ0) is 15.5. The van der Waals surface area contributed by atoms with Crippen LogP contribution >= 0.6 is 23.1 Å². The number of nitrogens with one attached hydrogen (secondary N) is 1. The van der Waals surface area contributed by atoms with Crippen molar-refractivity contribution in [2.75, 3.05) is 6.26 Å².